The average molecular weight is 247 g/mol. The maximum atomic E-state index is 11.0. The van der Waals surface area contributed by atoms with Crippen molar-refractivity contribution in [3.8, 4) is 0 Å². The van der Waals surface area contributed by atoms with Gasteiger partial charge in [-0.15, -0.1) is 5.69 Å². The first-order chi connectivity index (χ1) is 5.77. The Bertz CT molecular complexity index is 338. The maximum absolute atomic E-state index is 11.0. The topological polar surface area (TPSA) is 44.1 Å². The third-order valence-electron chi connectivity index (χ3n) is 2.01. The molecule has 3 nitrogen and oxygen atoms in total. The van der Waals surface area contributed by atoms with Gasteiger partial charge >= 0.3 is 58.2 Å². The van der Waals surface area contributed by atoms with Crippen molar-refractivity contribution in [1.29, 1.82) is 0 Å². The fraction of sp³-hybridized carbons (Fsp3) is 0.333. The molecule has 1 amide bonds. The van der Waals surface area contributed by atoms with Gasteiger partial charge in [0.2, 0.25) is 0 Å². The van der Waals surface area contributed by atoms with Gasteiger partial charge in [-0.05, 0) is 25.8 Å². The summed E-state index contributed by atoms with van der Waals surface area (Å²) in [5.74, 6) is -0.0291. The van der Waals surface area contributed by atoms with E-state index >= 15 is 0 Å². The second kappa shape index (κ2) is 4.78. The summed E-state index contributed by atoms with van der Waals surface area (Å²) in [6.45, 7) is 1.95. The number of rotatable bonds is 0. The SMILES string of the molecule is Cc1ccnc2c1[N-]C(=O)CC2.[Rb+]. The van der Waals surface area contributed by atoms with E-state index in [-0.39, 0.29) is 64.1 Å². The Labute approximate surface area is 126 Å². The number of pyridine rings is 1. The van der Waals surface area contributed by atoms with Gasteiger partial charge in [-0.3, -0.25) is 4.98 Å². The molecule has 0 N–H and O–H groups in total. The predicted molar refractivity (Wildman–Crippen MR) is 45.3 cm³/mol. The molecule has 0 aromatic carbocycles. The zero-order chi connectivity index (χ0) is 8.55. The van der Waals surface area contributed by atoms with Crippen molar-refractivity contribution >= 4 is 11.6 Å². The number of aromatic nitrogens is 1. The van der Waals surface area contributed by atoms with Crippen molar-refractivity contribution in [2.24, 2.45) is 0 Å². The minimum atomic E-state index is -0.0291. The Morgan fingerprint density at radius 1 is 1.46 bits per heavy atom. The largest absolute Gasteiger partial charge is 1.00 e. The van der Waals surface area contributed by atoms with Gasteiger partial charge in [0.1, 0.15) is 0 Å². The minimum Gasteiger partial charge on any atom is -0.625 e. The first kappa shape index (κ1) is 11.5. The molecule has 4 heteroatoms. The molecule has 1 aliphatic heterocycles. The van der Waals surface area contributed by atoms with Gasteiger partial charge < -0.3 is 10.1 Å². The molecule has 2 rings (SSSR count). The van der Waals surface area contributed by atoms with Gasteiger partial charge in [0.15, 0.2) is 0 Å². The Kier molecular flexibility index (Phi) is 4.23. The Morgan fingerprint density at radius 3 is 3.00 bits per heavy atom. The van der Waals surface area contributed by atoms with E-state index in [1.165, 1.54) is 0 Å². The number of hydrogen-bond donors (Lipinski definition) is 0. The molecular formula is C9H9N2ORb. The van der Waals surface area contributed by atoms with Crippen LogP contribution in [0.5, 0.6) is 0 Å². The summed E-state index contributed by atoms with van der Waals surface area (Å²) >= 11 is 0. The number of carbonyl (C=O) groups is 1. The molecule has 2 heterocycles. The molecule has 0 fully saturated rings. The molecule has 0 atom stereocenters. The monoisotopic (exact) mass is 246 g/mol. The summed E-state index contributed by atoms with van der Waals surface area (Å²) in [6, 6.07) is 1.88. The van der Waals surface area contributed by atoms with Gasteiger partial charge in [-0.1, -0.05) is 5.56 Å². The van der Waals surface area contributed by atoms with Crippen LogP contribution in [0.25, 0.3) is 5.32 Å². The van der Waals surface area contributed by atoms with Gasteiger partial charge in [0, 0.05) is 11.9 Å². The van der Waals surface area contributed by atoms with Crippen LogP contribution in [0.1, 0.15) is 17.7 Å². The summed E-state index contributed by atoms with van der Waals surface area (Å²) in [4.78, 5) is 15.2. The maximum Gasteiger partial charge on any atom is 1.00 e. The van der Waals surface area contributed by atoms with Crippen molar-refractivity contribution < 1.29 is 63.0 Å². The van der Waals surface area contributed by atoms with E-state index in [0.29, 0.717) is 6.42 Å². The van der Waals surface area contributed by atoms with E-state index < -0.39 is 0 Å². The van der Waals surface area contributed by atoms with Crippen LogP contribution >= 0.6 is 0 Å². The van der Waals surface area contributed by atoms with E-state index in [0.717, 1.165) is 23.4 Å². The van der Waals surface area contributed by atoms with E-state index in [1.54, 1.807) is 6.20 Å². The summed E-state index contributed by atoms with van der Waals surface area (Å²) < 4.78 is 0. The standard InChI is InChI=1S/C9H10N2O.Rb/c1-6-4-5-10-7-2-3-8(12)11-9(6)7;/h4-5H,2-3H2,1H3,(H,11,12);/q;+1/p-1. The molecule has 0 unspecified atom stereocenters. The number of fused-ring (bicyclic) bond motifs is 1. The van der Waals surface area contributed by atoms with Crippen LogP contribution < -0.4 is 58.2 Å². The average Bonchev–Trinajstić information content (AvgIpc) is 2.07. The van der Waals surface area contributed by atoms with Crippen molar-refractivity contribution in [3.05, 3.63) is 28.8 Å². The summed E-state index contributed by atoms with van der Waals surface area (Å²) in [7, 11) is 0. The smallest absolute Gasteiger partial charge is 0.625 e. The number of amides is 1. The number of carbonyl (C=O) groups excluding carboxylic acids is 1. The quantitative estimate of drug-likeness (QED) is 0.582. The molecule has 0 aliphatic carbocycles. The van der Waals surface area contributed by atoms with E-state index in [9.17, 15) is 4.79 Å². The molecule has 0 saturated heterocycles. The second-order valence-electron chi connectivity index (χ2n) is 2.93. The summed E-state index contributed by atoms with van der Waals surface area (Å²) in [5.41, 5.74) is 2.77. The van der Waals surface area contributed by atoms with Crippen LogP contribution in [0, 0.1) is 6.92 Å². The molecule has 0 bridgehead atoms. The van der Waals surface area contributed by atoms with Crippen molar-refractivity contribution in [1.82, 2.24) is 4.98 Å². The number of nitrogens with zero attached hydrogens (tertiary/aromatic N) is 2. The summed E-state index contributed by atoms with van der Waals surface area (Å²) in [6.07, 6.45) is 3.00. The zero-order valence-electron chi connectivity index (χ0n) is 7.87. The van der Waals surface area contributed by atoms with Crippen molar-refractivity contribution in [2.45, 2.75) is 19.8 Å². The van der Waals surface area contributed by atoms with Gasteiger partial charge in [0.25, 0.3) is 0 Å². The van der Waals surface area contributed by atoms with Gasteiger partial charge in [-0.25, -0.2) is 0 Å². The normalized spacial score (nSPS) is 14.1. The van der Waals surface area contributed by atoms with Crippen molar-refractivity contribution in [3.63, 3.8) is 0 Å². The van der Waals surface area contributed by atoms with Gasteiger partial charge in [-0.2, -0.15) is 0 Å². The molecule has 0 radical (unpaired) electrons. The Morgan fingerprint density at radius 2 is 2.23 bits per heavy atom. The van der Waals surface area contributed by atoms with E-state index in [4.69, 9.17) is 0 Å². The number of aryl methyl sites for hydroxylation is 2. The molecule has 1 aromatic heterocycles. The van der Waals surface area contributed by atoms with Gasteiger partial charge in [0.05, 0.1) is 5.91 Å². The first-order valence-corrected chi connectivity index (χ1v) is 3.96. The third kappa shape index (κ3) is 2.46. The van der Waals surface area contributed by atoms with Crippen LogP contribution in [0.4, 0.5) is 5.69 Å². The predicted octanol–water partition coefficient (Wildman–Crippen LogP) is -1.13. The minimum absolute atomic E-state index is 0. The number of hydrogen-bond acceptors (Lipinski definition) is 2. The zero-order valence-corrected chi connectivity index (χ0v) is 12.8. The van der Waals surface area contributed by atoms with Crippen LogP contribution in [0.15, 0.2) is 12.3 Å². The molecule has 0 spiro atoms. The third-order valence-corrected chi connectivity index (χ3v) is 2.01. The van der Waals surface area contributed by atoms with Crippen LogP contribution in [0.2, 0.25) is 0 Å². The fourth-order valence-electron chi connectivity index (χ4n) is 1.35. The Balaban J connectivity index is 0.000000845. The second-order valence-corrected chi connectivity index (χ2v) is 2.93. The van der Waals surface area contributed by atoms with Crippen LogP contribution in [-0.2, 0) is 11.2 Å². The molecule has 62 valence electrons. The van der Waals surface area contributed by atoms with Crippen LogP contribution in [-0.4, -0.2) is 10.9 Å². The van der Waals surface area contributed by atoms with Crippen molar-refractivity contribution in [2.75, 3.05) is 0 Å². The molecule has 13 heavy (non-hydrogen) atoms. The summed E-state index contributed by atoms with van der Waals surface area (Å²) in [5, 5.41) is 3.94. The van der Waals surface area contributed by atoms with E-state index in [2.05, 4.69) is 10.3 Å². The Hall–Kier alpha value is 0.425. The fourth-order valence-corrected chi connectivity index (χ4v) is 1.35. The molecular weight excluding hydrogens is 238 g/mol. The molecule has 0 saturated carbocycles. The van der Waals surface area contributed by atoms with Crippen LogP contribution in [0.3, 0.4) is 0 Å². The van der Waals surface area contributed by atoms with E-state index in [1.807, 2.05) is 13.0 Å². The molecule has 1 aromatic rings. The molecule has 1 aliphatic rings. The first-order valence-electron chi connectivity index (χ1n) is 3.96.